The third-order valence-electron chi connectivity index (χ3n) is 5.17. The van der Waals surface area contributed by atoms with E-state index < -0.39 is 0 Å². The van der Waals surface area contributed by atoms with Crippen molar-refractivity contribution in [3.63, 3.8) is 0 Å². The smallest absolute Gasteiger partial charge is 0.253 e. The number of amides is 1. The topological polar surface area (TPSA) is 38.1 Å². The highest BCUT2D eigenvalue weighted by Gasteiger charge is 2.26. The van der Waals surface area contributed by atoms with Crippen LogP contribution in [-0.2, 0) is 0 Å². The third kappa shape index (κ3) is 3.31. The zero-order chi connectivity index (χ0) is 18.1. The first kappa shape index (κ1) is 17.0. The number of carbonyl (C=O) groups is 1. The van der Waals surface area contributed by atoms with E-state index in [1.807, 2.05) is 69.6 Å². The highest BCUT2D eigenvalue weighted by atomic mass is 32.1. The second-order valence-corrected chi connectivity index (χ2v) is 8.14. The largest absolute Gasteiger partial charge is 0.339 e. The molecule has 5 heteroatoms. The molecule has 0 saturated carbocycles. The molecule has 2 aromatic heterocycles. The van der Waals surface area contributed by atoms with Gasteiger partial charge < -0.3 is 9.47 Å². The first-order valence-electron chi connectivity index (χ1n) is 9.08. The molecule has 0 unspecified atom stereocenters. The summed E-state index contributed by atoms with van der Waals surface area (Å²) in [6, 6.07) is 11.8. The van der Waals surface area contributed by atoms with Gasteiger partial charge in [0.05, 0.1) is 10.7 Å². The Bertz CT molecular complexity index is 886. The summed E-state index contributed by atoms with van der Waals surface area (Å²) in [6.07, 6.45) is 5.98. The first-order valence-corrected chi connectivity index (χ1v) is 9.90. The molecule has 1 aliphatic heterocycles. The van der Waals surface area contributed by atoms with Gasteiger partial charge in [-0.15, -0.1) is 11.3 Å². The van der Waals surface area contributed by atoms with E-state index in [2.05, 4.69) is 13.8 Å². The molecule has 0 aliphatic carbocycles. The van der Waals surface area contributed by atoms with Gasteiger partial charge in [0.1, 0.15) is 0 Å². The van der Waals surface area contributed by atoms with Gasteiger partial charge in [-0.25, -0.2) is 4.98 Å². The Labute approximate surface area is 158 Å². The van der Waals surface area contributed by atoms with Gasteiger partial charge in [-0.3, -0.25) is 4.79 Å². The Morgan fingerprint density at radius 2 is 1.85 bits per heavy atom. The van der Waals surface area contributed by atoms with Crippen LogP contribution in [0.5, 0.6) is 0 Å². The van der Waals surface area contributed by atoms with Crippen LogP contribution in [0.25, 0.3) is 5.69 Å². The van der Waals surface area contributed by atoms with Crippen LogP contribution in [0.3, 0.4) is 0 Å². The fourth-order valence-corrected chi connectivity index (χ4v) is 4.58. The maximum Gasteiger partial charge on any atom is 0.253 e. The van der Waals surface area contributed by atoms with Crippen molar-refractivity contribution in [1.29, 1.82) is 0 Å². The van der Waals surface area contributed by atoms with E-state index in [0.29, 0.717) is 5.92 Å². The van der Waals surface area contributed by atoms with Crippen LogP contribution in [-0.4, -0.2) is 33.4 Å². The summed E-state index contributed by atoms with van der Waals surface area (Å²) in [7, 11) is 0. The normalized spacial score (nSPS) is 15.4. The number of benzene rings is 1. The van der Waals surface area contributed by atoms with Crippen LogP contribution in [0.4, 0.5) is 0 Å². The zero-order valence-electron chi connectivity index (χ0n) is 15.2. The Kier molecular flexibility index (Phi) is 4.64. The van der Waals surface area contributed by atoms with Gasteiger partial charge in [0.25, 0.3) is 5.91 Å². The summed E-state index contributed by atoms with van der Waals surface area (Å²) in [5.74, 6) is 0.617. The molecular weight excluding hydrogens is 342 g/mol. The molecule has 0 N–H and O–H groups in total. The number of aromatic nitrogens is 2. The number of likely N-dealkylation sites (tertiary alicyclic amines) is 1. The zero-order valence-corrected chi connectivity index (χ0v) is 16.0. The van der Waals surface area contributed by atoms with E-state index in [1.54, 1.807) is 0 Å². The van der Waals surface area contributed by atoms with E-state index in [9.17, 15) is 4.79 Å². The Hall–Kier alpha value is -2.40. The van der Waals surface area contributed by atoms with Crippen molar-refractivity contribution in [2.75, 3.05) is 13.1 Å². The molecule has 1 fully saturated rings. The predicted octanol–water partition coefficient (Wildman–Crippen LogP) is 4.57. The molecule has 0 spiro atoms. The fourth-order valence-electron chi connectivity index (χ4n) is 3.49. The standard InChI is InChI=1S/C21H23N3OS/c1-15-16(2)26-20(22-15)17-8-12-24(13-9-17)21(25)18-6-5-7-19(14-18)23-10-3-4-11-23/h3-7,10-11,14,17H,8-9,12-13H2,1-2H3. The van der Waals surface area contributed by atoms with Gasteiger partial charge in [0.15, 0.2) is 0 Å². The number of thiazole rings is 1. The van der Waals surface area contributed by atoms with E-state index in [1.165, 1.54) is 9.88 Å². The molecule has 1 aromatic carbocycles. The Balaban J connectivity index is 1.44. The summed E-state index contributed by atoms with van der Waals surface area (Å²) in [5.41, 5.74) is 2.92. The van der Waals surface area contributed by atoms with E-state index in [4.69, 9.17) is 4.98 Å². The molecule has 4 nitrogen and oxygen atoms in total. The molecule has 4 rings (SSSR count). The van der Waals surface area contributed by atoms with Crippen molar-refractivity contribution in [3.8, 4) is 5.69 Å². The molecule has 0 radical (unpaired) electrons. The van der Waals surface area contributed by atoms with Crippen molar-refractivity contribution in [1.82, 2.24) is 14.5 Å². The van der Waals surface area contributed by atoms with Gasteiger partial charge in [0, 0.05) is 47.5 Å². The molecule has 0 atom stereocenters. The van der Waals surface area contributed by atoms with E-state index in [-0.39, 0.29) is 5.91 Å². The van der Waals surface area contributed by atoms with E-state index in [0.717, 1.165) is 42.9 Å². The van der Waals surface area contributed by atoms with Crippen molar-refractivity contribution in [2.45, 2.75) is 32.6 Å². The molecule has 1 aliphatic rings. The highest BCUT2D eigenvalue weighted by Crippen LogP contribution is 2.32. The lowest BCUT2D eigenvalue weighted by atomic mass is 9.97. The maximum atomic E-state index is 12.9. The summed E-state index contributed by atoms with van der Waals surface area (Å²) in [4.78, 5) is 20.9. The molecule has 1 amide bonds. The fraction of sp³-hybridized carbons (Fsp3) is 0.333. The van der Waals surface area contributed by atoms with Crippen LogP contribution in [0.15, 0.2) is 48.8 Å². The number of piperidine rings is 1. The molecule has 1 saturated heterocycles. The van der Waals surface area contributed by atoms with Crippen LogP contribution in [0.1, 0.15) is 44.7 Å². The predicted molar refractivity (Wildman–Crippen MR) is 105 cm³/mol. The minimum atomic E-state index is 0.129. The lowest BCUT2D eigenvalue weighted by Gasteiger charge is -2.31. The molecule has 3 heterocycles. The average Bonchev–Trinajstić information content (AvgIpc) is 3.32. The monoisotopic (exact) mass is 365 g/mol. The molecule has 0 bridgehead atoms. The summed E-state index contributed by atoms with van der Waals surface area (Å²) >= 11 is 1.81. The van der Waals surface area contributed by atoms with Gasteiger partial charge in [-0.05, 0) is 57.0 Å². The van der Waals surface area contributed by atoms with Crippen molar-refractivity contribution < 1.29 is 4.79 Å². The molecular formula is C21H23N3OS. The van der Waals surface area contributed by atoms with Gasteiger partial charge in [0.2, 0.25) is 0 Å². The number of carbonyl (C=O) groups excluding carboxylic acids is 1. The average molecular weight is 366 g/mol. The second kappa shape index (κ2) is 7.08. The lowest BCUT2D eigenvalue weighted by molar-refractivity contribution is 0.0713. The van der Waals surface area contributed by atoms with Gasteiger partial charge >= 0.3 is 0 Å². The molecule has 26 heavy (non-hydrogen) atoms. The quantitative estimate of drug-likeness (QED) is 0.682. The Morgan fingerprint density at radius 1 is 1.12 bits per heavy atom. The first-order chi connectivity index (χ1) is 12.6. The minimum Gasteiger partial charge on any atom is -0.339 e. The third-order valence-corrected chi connectivity index (χ3v) is 6.41. The van der Waals surface area contributed by atoms with Gasteiger partial charge in [-0.2, -0.15) is 0 Å². The number of rotatable bonds is 3. The van der Waals surface area contributed by atoms with Crippen molar-refractivity contribution in [3.05, 3.63) is 69.9 Å². The molecule has 134 valence electrons. The van der Waals surface area contributed by atoms with Crippen LogP contribution in [0.2, 0.25) is 0 Å². The maximum absolute atomic E-state index is 12.9. The SMILES string of the molecule is Cc1nc(C2CCN(C(=O)c3cccc(-n4cccc4)c3)CC2)sc1C. The minimum absolute atomic E-state index is 0.129. The van der Waals surface area contributed by atoms with Crippen LogP contribution >= 0.6 is 11.3 Å². The van der Waals surface area contributed by atoms with Crippen LogP contribution in [0, 0.1) is 13.8 Å². The summed E-state index contributed by atoms with van der Waals surface area (Å²) < 4.78 is 2.02. The van der Waals surface area contributed by atoms with Crippen molar-refractivity contribution >= 4 is 17.2 Å². The second-order valence-electron chi connectivity index (χ2n) is 6.90. The van der Waals surface area contributed by atoms with E-state index >= 15 is 0 Å². The number of hydrogen-bond acceptors (Lipinski definition) is 3. The number of aryl methyl sites for hydroxylation is 2. The lowest BCUT2D eigenvalue weighted by Crippen LogP contribution is -2.37. The number of nitrogens with zero attached hydrogens (tertiary/aromatic N) is 3. The Morgan fingerprint density at radius 3 is 2.50 bits per heavy atom. The number of hydrogen-bond donors (Lipinski definition) is 0. The van der Waals surface area contributed by atoms with Crippen molar-refractivity contribution in [2.24, 2.45) is 0 Å². The summed E-state index contributed by atoms with van der Waals surface area (Å²) in [5, 5.41) is 1.24. The summed E-state index contributed by atoms with van der Waals surface area (Å²) in [6.45, 7) is 5.81. The van der Waals surface area contributed by atoms with Gasteiger partial charge in [-0.1, -0.05) is 6.07 Å². The molecule has 3 aromatic rings. The highest BCUT2D eigenvalue weighted by molar-refractivity contribution is 7.11. The van der Waals surface area contributed by atoms with Crippen LogP contribution < -0.4 is 0 Å².